The van der Waals surface area contributed by atoms with Gasteiger partial charge < -0.3 is 9.42 Å². The number of rotatable bonds is 5. The molecule has 0 bridgehead atoms. The molecule has 0 aromatic carbocycles. The van der Waals surface area contributed by atoms with Crippen LogP contribution in [-0.2, 0) is 11.3 Å². The topological polar surface area (TPSA) is 62.5 Å². The van der Waals surface area contributed by atoms with Gasteiger partial charge in [-0.1, -0.05) is 17.3 Å². The van der Waals surface area contributed by atoms with Crippen LogP contribution in [-0.4, -0.2) is 51.0 Å². The molecule has 1 saturated heterocycles. The van der Waals surface area contributed by atoms with Crippen molar-refractivity contribution in [1.82, 2.24) is 19.9 Å². The van der Waals surface area contributed by atoms with Crippen LogP contribution < -0.4 is 0 Å². The molecule has 2 heterocycles. The van der Waals surface area contributed by atoms with Crippen LogP contribution in [0.5, 0.6) is 0 Å². The maximum Gasteiger partial charge on any atom is 0.229 e. The molecule has 130 valence electrons. The maximum atomic E-state index is 12.2. The second kappa shape index (κ2) is 6.67. The van der Waals surface area contributed by atoms with Crippen LogP contribution in [0.1, 0.15) is 63.1 Å². The molecule has 1 saturated carbocycles. The van der Waals surface area contributed by atoms with E-state index in [-0.39, 0.29) is 11.9 Å². The Morgan fingerprint density at radius 3 is 2.96 bits per heavy atom. The third kappa shape index (κ3) is 3.38. The molecule has 1 aliphatic heterocycles. The molecule has 1 aromatic rings. The fourth-order valence-corrected chi connectivity index (χ4v) is 3.90. The maximum absolute atomic E-state index is 12.2. The van der Waals surface area contributed by atoms with E-state index in [2.05, 4.69) is 27.2 Å². The molecule has 6 heteroatoms. The molecule has 4 rings (SSSR count). The van der Waals surface area contributed by atoms with Gasteiger partial charge in [-0.15, -0.1) is 0 Å². The van der Waals surface area contributed by atoms with Crippen LogP contribution in [0.15, 0.2) is 16.7 Å². The SMILES string of the molecule is CC(=O)N(Cc1noc(C2CC2)n1)[C@H]1CCN([C@@H]2C=CCCC2)C1. The highest BCUT2D eigenvalue weighted by Crippen LogP contribution is 2.38. The van der Waals surface area contributed by atoms with Gasteiger partial charge >= 0.3 is 0 Å². The summed E-state index contributed by atoms with van der Waals surface area (Å²) in [5, 5.41) is 4.08. The lowest BCUT2D eigenvalue weighted by molar-refractivity contribution is -0.131. The summed E-state index contributed by atoms with van der Waals surface area (Å²) >= 11 is 0. The van der Waals surface area contributed by atoms with Crippen molar-refractivity contribution in [2.24, 2.45) is 0 Å². The number of carbonyl (C=O) groups excluding carboxylic acids is 1. The molecule has 2 aliphatic carbocycles. The number of carbonyl (C=O) groups is 1. The molecule has 3 aliphatic rings. The summed E-state index contributed by atoms with van der Waals surface area (Å²) in [7, 11) is 0. The van der Waals surface area contributed by atoms with Gasteiger partial charge in [0.05, 0.1) is 6.54 Å². The Bertz CT molecular complexity index is 622. The normalized spacial score (nSPS) is 27.5. The van der Waals surface area contributed by atoms with Crippen molar-refractivity contribution in [2.45, 2.75) is 70.0 Å². The van der Waals surface area contributed by atoms with E-state index in [0.29, 0.717) is 24.3 Å². The number of amides is 1. The van der Waals surface area contributed by atoms with Gasteiger partial charge in [-0.3, -0.25) is 9.69 Å². The Labute approximate surface area is 142 Å². The first-order valence-corrected chi connectivity index (χ1v) is 9.21. The van der Waals surface area contributed by atoms with Gasteiger partial charge in [0.1, 0.15) is 0 Å². The first-order chi connectivity index (χ1) is 11.7. The van der Waals surface area contributed by atoms with E-state index >= 15 is 0 Å². The van der Waals surface area contributed by atoms with Crippen LogP contribution in [0.4, 0.5) is 0 Å². The number of nitrogens with zero attached hydrogens (tertiary/aromatic N) is 4. The van der Waals surface area contributed by atoms with E-state index in [9.17, 15) is 4.79 Å². The average molecular weight is 330 g/mol. The summed E-state index contributed by atoms with van der Waals surface area (Å²) in [5.41, 5.74) is 0. The molecule has 0 N–H and O–H groups in total. The third-order valence-electron chi connectivity index (χ3n) is 5.46. The second-order valence-corrected chi connectivity index (χ2v) is 7.33. The second-order valence-electron chi connectivity index (χ2n) is 7.33. The van der Waals surface area contributed by atoms with Gasteiger partial charge in [0.2, 0.25) is 11.8 Å². The van der Waals surface area contributed by atoms with Crippen molar-refractivity contribution >= 4 is 5.91 Å². The molecule has 0 spiro atoms. The third-order valence-corrected chi connectivity index (χ3v) is 5.46. The fraction of sp³-hybridized carbons (Fsp3) is 0.722. The fourth-order valence-electron chi connectivity index (χ4n) is 3.90. The van der Waals surface area contributed by atoms with Gasteiger partial charge in [0.25, 0.3) is 0 Å². The number of allylic oxidation sites excluding steroid dienone is 1. The standard InChI is InChI=1S/C18H26N4O2/c1-13(23)22(12-17-19-18(24-20-17)14-7-8-14)16-9-10-21(11-16)15-5-3-2-4-6-15/h3,5,14-16H,2,4,6-12H2,1H3/t15-,16+/m1/s1. The molecule has 6 nitrogen and oxygen atoms in total. The molecule has 0 unspecified atom stereocenters. The van der Waals surface area contributed by atoms with Crippen LogP contribution in [0.25, 0.3) is 0 Å². The predicted molar refractivity (Wildman–Crippen MR) is 89.3 cm³/mol. The van der Waals surface area contributed by atoms with Crippen LogP contribution >= 0.6 is 0 Å². The van der Waals surface area contributed by atoms with Crippen molar-refractivity contribution in [1.29, 1.82) is 0 Å². The predicted octanol–water partition coefficient (Wildman–Crippen LogP) is 2.48. The summed E-state index contributed by atoms with van der Waals surface area (Å²) in [5.74, 6) is 1.94. The Kier molecular flexibility index (Phi) is 4.39. The minimum atomic E-state index is 0.0961. The molecule has 1 amide bonds. The molecule has 0 radical (unpaired) electrons. The van der Waals surface area contributed by atoms with E-state index in [1.54, 1.807) is 6.92 Å². The average Bonchev–Trinajstić information content (AvgIpc) is 3.15. The molecule has 1 aromatic heterocycles. The summed E-state index contributed by atoms with van der Waals surface area (Å²) in [6.45, 7) is 4.11. The minimum Gasteiger partial charge on any atom is -0.339 e. The van der Waals surface area contributed by atoms with Crippen molar-refractivity contribution < 1.29 is 9.32 Å². The van der Waals surface area contributed by atoms with Gasteiger partial charge in [0.15, 0.2) is 5.82 Å². The number of aromatic nitrogens is 2. The Balaban J connectivity index is 1.40. The molecule has 2 fully saturated rings. The molecular weight excluding hydrogens is 304 g/mol. The zero-order chi connectivity index (χ0) is 16.5. The lowest BCUT2D eigenvalue weighted by Crippen LogP contribution is -2.42. The van der Waals surface area contributed by atoms with E-state index in [1.807, 2.05) is 4.90 Å². The summed E-state index contributed by atoms with van der Waals surface area (Å²) < 4.78 is 5.33. The van der Waals surface area contributed by atoms with Gasteiger partial charge in [-0.25, -0.2) is 0 Å². The summed E-state index contributed by atoms with van der Waals surface area (Å²) in [6, 6.07) is 0.796. The van der Waals surface area contributed by atoms with E-state index in [0.717, 1.165) is 38.2 Å². The first kappa shape index (κ1) is 15.8. The largest absolute Gasteiger partial charge is 0.339 e. The highest BCUT2D eigenvalue weighted by molar-refractivity contribution is 5.73. The van der Waals surface area contributed by atoms with Crippen molar-refractivity contribution in [3.8, 4) is 0 Å². The van der Waals surface area contributed by atoms with Crippen LogP contribution in [0.2, 0.25) is 0 Å². The number of hydrogen-bond donors (Lipinski definition) is 0. The van der Waals surface area contributed by atoms with Crippen molar-refractivity contribution in [3.63, 3.8) is 0 Å². The first-order valence-electron chi connectivity index (χ1n) is 9.21. The lowest BCUT2D eigenvalue weighted by Gasteiger charge is -2.30. The smallest absolute Gasteiger partial charge is 0.229 e. The molecule has 2 atom stereocenters. The number of hydrogen-bond acceptors (Lipinski definition) is 5. The lowest BCUT2D eigenvalue weighted by atomic mass is 10.0. The minimum absolute atomic E-state index is 0.0961. The van der Waals surface area contributed by atoms with Crippen molar-refractivity contribution in [2.75, 3.05) is 13.1 Å². The van der Waals surface area contributed by atoms with Gasteiger partial charge in [0, 0.05) is 38.0 Å². The zero-order valence-corrected chi connectivity index (χ0v) is 14.4. The van der Waals surface area contributed by atoms with E-state index in [4.69, 9.17) is 4.52 Å². The highest BCUT2D eigenvalue weighted by atomic mass is 16.5. The monoisotopic (exact) mass is 330 g/mol. The zero-order valence-electron chi connectivity index (χ0n) is 14.4. The summed E-state index contributed by atoms with van der Waals surface area (Å²) in [4.78, 5) is 21.1. The molecule has 24 heavy (non-hydrogen) atoms. The van der Waals surface area contributed by atoms with Crippen molar-refractivity contribution in [3.05, 3.63) is 23.9 Å². The highest BCUT2D eigenvalue weighted by Gasteiger charge is 2.34. The number of likely N-dealkylation sites (tertiary alicyclic amines) is 1. The van der Waals surface area contributed by atoms with E-state index < -0.39 is 0 Å². The molecular formula is C18H26N4O2. The van der Waals surface area contributed by atoms with Crippen LogP contribution in [0.3, 0.4) is 0 Å². The Morgan fingerprint density at radius 1 is 1.38 bits per heavy atom. The summed E-state index contributed by atoms with van der Waals surface area (Å²) in [6.07, 6.45) is 11.7. The Hall–Kier alpha value is -1.69. The Morgan fingerprint density at radius 2 is 2.25 bits per heavy atom. The van der Waals surface area contributed by atoms with Crippen LogP contribution in [0, 0.1) is 0 Å². The quantitative estimate of drug-likeness (QED) is 0.776. The van der Waals surface area contributed by atoms with E-state index in [1.165, 1.54) is 19.3 Å². The van der Waals surface area contributed by atoms with Gasteiger partial charge in [-0.2, -0.15) is 4.98 Å². The van der Waals surface area contributed by atoms with Gasteiger partial charge in [-0.05, 0) is 38.5 Å².